The highest BCUT2D eigenvalue weighted by Crippen LogP contribution is 2.31. The van der Waals surface area contributed by atoms with Gasteiger partial charge >= 0.3 is 0 Å². The summed E-state index contributed by atoms with van der Waals surface area (Å²) in [5, 5.41) is 22.8. The number of hydrogen-bond acceptors (Lipinski definition) is 5. The lowest BCUT2D eigenvalue weighted by Crippen LogP contribution is -2.21. The minimum atomic E-state index is -1.17. The van der Waals surface area contributed by atoms with Crippen molar-refractivity contribution in [3.8, 4) is 11.5 Å². The number of benzene rings is 1. The molecular weight excluding hydrogens is 250 g/mol. The molecule has 2 atom stereocenters. The molecule has 0 aromatic heterocycles. The molecule has 0 bridgehead atoms. The van der Waals surface area contributed by atoms with Gasteiger partial charge in [-0.3, -0.25) is 0 Å². The largest absolute Gasteiger partial charge is 0.493 e. The Morgan fingerprint density at radius 3 is 2.68 bits per heavy atom. The van der Waals surface area contributed by atoms with Gasteiger partial charge < -0.3 is 19.7 Å². The number of hydrogen-bond donors (Lipinski definition) is 2. The highest BCUT2D eigenvalue weighted by atomic mass is 16.5. The van der Waals surface area contributed by atoms with Crippen LogP contribution in [0.4, 0.5) is 0 Å². The normalized spacial score (nSPS) is 13.3. The van der Waals surface area contributed by atoms with Crippen LogP contribution in [-0.2, 0) is 0 Å². The van der Waals surface area contributed by atoms with Crippen LogP contribution in [0.3, 0.4) is 0 Å². The predicted molar refractivity (Wildman–Crippen MR) is 69.1 cm³/mol. The first-order valence-corrected chi connectivity index (χ1v) is 5.81. The molecule has 0 saturated heterocycles. The Hall–Kier alpha value is -1.95. The fraction of sp³-hybridized carbons (Fsp3) is 0.500. The first kappa shape index (κ1) is 15.1. The van der Waals surface area contributed by atoms with E-state index in [0.717, 1.165) is 0 Å². The smallest absolute Gasteiger partial charge is 0.161 e. The first-order valence-electron chi connectivity index (χ1n) is 5.81. The molecule has 7 heteroatoms. The third kappa shape index (κ3) is 4.03. The van der Waals surface area contributed by atoms with E-state index in [1.54, 1.807) is 18.2 Å². The third-order valence-electron chi connectivity index (χ3n) is 2.53. The van der Waals surface area contributed by atoms with Gasteiger partial charge in [-0.05, 0) is 30.2 Å². The Kier molecular flexibility index (Phi) is 5.95. The summed E-state index contributed by atoms with van der Waals surface area (Å²) in [5.41, 5.74) is 8.64. The van der Waals surface area contributed by atoms with Gasteiger partial charge in [0.15, 0.2) is 11.5 Å². The highest BCUT2D eigenvalue weighted by molar-refractivity contribution is 5.43. The number of aliphatic hydroxyl groups excluding tert-OH is 2. The second-order valence-electron chi connectivity index (χ2n) is 3.77. The molecule has 0 aliphatic heterocycles. The Balaban J connectivity index is 2.93. The summed E-state index contributed by atoms with van der Waals surface area (Å²) in [6, 6.07) is 4.85. The Bertz CT molecular complexity index is 460. The van der Waals surface area contributed by atoms with Crippen LogP contribution in [0.5, 0.6) is 11.5 Å². The molecule has 0 radical (unpaired) electrons. The van der Waals surface area contributed by atoms with Gasteiger partial charge in [-0.15, -0.1) is 0 Å². The van der Waals surface area contributed by atoms with Crippen molar-refractivity contribution < 1.29 is 19.7 Å². The quantitative estimate of drug-likeness (QED) is 0.446. The van der Waals surface area contributed by atoms with Gasteiger partial charge in [-0.1, -0.05) is 11.2 Å². The number of nitrogens with zero attached hydrogens (tertiary/aromatic N) is 3. The SMILES string of the molecule is CCOc1cc(C(O)C(O)CN=[N+]=[N-])ccc1OC. The van der Waals surface area contributed by atoms with E-state index in [4.69, 9.17) is 15.0 Å². The number of rotatable bonds is 7. The zero-order chi connectivity index (χ0) is 14.3. The summed E-state index contributed by atoms with van der Waals surface area (Å²) in [4.78, 5) is 2.54. The number of azide groups is 1. The molecule has 0 amide bonds. The molecule has 0 heterocycles. The maximum Gasteiger partial charge on any atom is 0.161 e. The second-order valence-corrected chi connectivity index (χ2v) is 3.77. The van der Waals surface area contributed by atoms with Crippen LogP contribution >= 0.6 is 0 Å². The van der Waals surface area contributed by atoms with Gasteiger partial charge in [0, 0.05) is 4.91 Å². The van der Waals surface area contributed by atoms with Gasteiger partial charge in [0.25, 0.3) is 0 Å². The molecule has 19 heavy (non-hydrogen) atoms. The monoisotopic (exact) mass is 267 g/mol. The molecule has 7 nitrogen and oxygen atoms in total. The zero-order valence-electron chi connectivity index (χ0n) is 10.9. The molecule has 2 N–H and O–H groups in total. The van der Waals surface area contributed by atoms with Crippen LogP contribution in [0.25, 0.3) is 10.4 Å². The molecule has 0 aliphatic carbocycles. The maximum absolute atomic E-state index is 9.94. The average molecular weight is 267 g/mol. The molecule has 0 fully saturated rings. The summed E-state index contributed by atoms with van der Waals surface area (Å²) < 4.78 is 10.5. The van der Waals surface area contributed by atoms with Crippen molar-refractivity contribution in [1.29, 1.82) is 0 Å². The van der Waals surface area contributed by atoms with Gasteiger partial charge in [0.05, 0.1) is 26.4 Å². The van der Waals surface area contributed by atoms with Crippen molar-refractivity contribution in [2.75, 3.05) is 20.3 Å². The lowest BCUT2D eigenvalue weighted by Gasteiger charge is -2.18. The predicted octanol–water partition coefficient (Wildman–Crippen LogP) is 1.80. The van der Waals surface area contributed by atoms with Crippen LogP contribution in [0, 0.1) is 0 Å². The first-order chi connectivity index (χ1) is 9.13. The second kappa shape index (κ2) is 7.48. The molecular formula is C12H17N3O4. The van der Waals surface area contributed by atoms with Gasteiger partial charge in [0.1, 0.15) is 6.10 Å². The molecule has 1 aromatic rings. The molecule has 0 spiro atoms. The maximum atomic E-state index is 9.94. The Morgan fingerprint density at radius 2 is 2.11 bits per heavy atom. The molecule has 2 unspecified atom stereocenters. The Morgan fingerprint density at radius 1 is 1.37 bits per heavy atom. The third-order valence-corrected chi connectivity index (χ3v) is 2.53. The van der Waals surface area contributed by atoms with Gasteiger partial charge in [-0.2, -0.15) is 0 Å². The van der Waals surface area contributed by atoms with E-state index in [1.807, 2.05) is 6.92 Å². The summed E-state index contributed by atoms with van der Waals surface area (Å²) in [6.07, 6.45) is -2.32. The highest BCUT2D eigenvalue weighted by Gasteiger charge is 2.19. The fourth-order valence-corrected chi connectivity index (χ4v) is 1.59. The van der Waals surface area contributed by atoms with E-state index >= 15 is 0 Å². The molecule has 1 aromatic carbocycles. The van der Waals surface area contributed by atoms with Crippen molar-refractivity contribution in [2.45, 2.75) is 19.1 Å². The van der Waals surface area contributed by atoms with E-state index < -0.39 is 12.2 Å². The van der Waals surface area contributed by atoms with Crippen molar-refractivity contribution >= 4 is 0 Å². The summed E-state index contributed by atoms with van der Waals surface area (Å²) >= 11 is 0. The van der Waals surface area contributed by atoms with Crippen LogP contribution in [0.15, 0.2) is 23.3 Å². The van der Waals surface area contributed by atoms with Crippen LogP contribution < -0.4 is 9.47 Å². The van der Waals surface area contributed by atoms with E-state index in [9.17, 15) is 10.2 Å². The molecule has 0 aliphatic rings. The standard InChI is InChI=1S/C12H17N3O4/c1-3-19-11-6-8(4-5-10(11)18-2)12(17)9(16)7-14-15-13/h4-6,9,12,16-17H,3,7H2,1-2H3. The minimum absolute atomic E-state index is 0.201. The summed E-state index contributed by atoms with van der Waals surface area (Å²) in [6.45, 7) is 2.09. The lowest BCUT2D eigenvalue weighted by atomic mass is 10.0. The fourth-order valence-electron chi connectivity index (χ4n) is 1.59. The van der Waals surface area contributed by atoms with Gasteiger partial charge in [-0.25, -0.2) is 0 Å². The van der Waals surface area contributed by atoms with E-state index in [1.165, 1.54) is 7.11 Å². The van der Waals surface area contributed by atoms with Crippen molar-refractivity contribution in [3.63, 3.8) is 0 Å². The van der Waals surface area contributed by atoms with E-state index in [-0.39, 0.29) is 6.54 Å². The number of ether oxygens (including phenoxy) is 2. The number of aliphatic hydroxyl groups is 2. The number of methoxy groups -OCH3 is 1. The van der Waals surface area contributed by atoms with Crippen molar-refractivity contribution in [2.24, 2.45) is 5.11 Å². The van der Waals surface area contributed by atoms with Crippen molar-refractivity contribution in [3.05, 3.63) is 34.2 Å². The minimum Gasteiger partial charge on any atom is -0.493 e. The molecule has 1 rings (SSSR count). The topological polar surface area (TPSA) is 108 Å². The average Bonchev–Trinajstić information content (AvgIpc) is 2.44. The Labute approximate surface area is 111 Å². The van der Waals surface area contributed by atoms with E-state index in [2.05, 4.69) is 10.0 Å². The van der Waals surface area contributed by atoms with E-state index in [0.29, 0.717) is 23.7 Å². The van der Waals surface area contributed by atoms with Gasteiger partial charge in [0.2, 0.25) is 0 Å². The van der Waals surface area contributed by atoms with Crippen LogP contribution in [0.1, 0.15) is 18.6 Å². The molecule has 0 saturated carbocycles. The zero-order valence-corrected chi connectivity index (χ0v) is 10.9. The summed E-state index contributed by atoms with van der Waals surface area (Å²) in [5.74, 6) is 1.03. The van der Waals surface area contributed by atoms with Crippen LogP contribution in [-0.4, -0.2) is 36.6 Å². The molecule has 104 valence electrons. The van der Waals surface area contributed by atoms with Crippen LogP contribution in [0.2, 0.25) is 0 Å². The summed E-state index contributed by atoms with van der Waals surface area (Å²) in [7, 11) is 1.52. The van der Waals surface area contributed by atoms with Crippen molar-refractivity contribution in [1.82, 2.24) is 0 Å². The lowest BCUT2D eigenvalue weighted by molar-refractivity contribution is 0.0242.